The lowest BCUT2D eigenvalue weighted by Crippen LogP contribution is -2.22. The molecule has 0 radical (unpaired) electrons. The molecule has 0 spiro atoms. The number of anilines is 1. The average molecular weight is 260 g/mol. The van der Waals surface area contributed by atoms with E-state index in [4.69, 9.17) is 0 Å². The van der Waals surface area contributed by atoms with E-state index in [0.29, 0.717) is 10.6 Å². The maximum Gasteiger partial charge on any atom is 0.265 e. The maximum atomic E-state index is 11.8. The summed E-state index contributed by atoms with van der Waals surface area (Å²) in [6.45, 7) is 1.79. The van der Waals surface area contributed by atoms with Gasteiger partial charge in [0.1, 0.15) is 0 Å². The molecule has 1 amide bonds. The van der Waals surface area contributed by atoms with Gasteiger partial charge in [0.2, 0.25) is 0 Å². The van der Waals surface area contributed by atoms with Crippen LogP contribution in [0.2, 0.25) is 0 Å². The second-order valence-corrected chi connectivity index (χ2v) is 4.70. The first-order valence-corrected chi connectivity index (χ1v) is 6.13. The van der Waals surface area contributed by atoms with Crippen LogP contribution in [0.3, 0.4) is 0 Å². The third kappa shape index (κ3) is 2.57. The van der Waals surface area contributed by atoms with Crippen molar-refractivity contribution in [2.45, 2.75) is 6.92 Å². The van der Waals surface area contributed by atoms with Crippen molar-refractivity contribution in [3.63, 3.8) is 0 Å². The minimum Gasteiger partial charge on any atom is -0.545 e. The molecule has 1 N–H and O–H groups in total. The van der Waals surface area contributed by atoms with Gasteiger partial charge in [-0.15, -0.1) is 11.3 Å². The van der Waals surface area contributed by atoms with Gasteiger partial charge in [0, 0.05) is 5.69 Å². The number of benzene rings is 1. The van der Waals surface area contributed by atoms with Crippen LogP contribution in [-0.2, 0) is 0 Å². The predicted octanol–water partition coefficient (Wildman–Crippen LogP) is 1.67. The summed E-state index contributed by atoms with van der Waals surface area (Å²) in [7, 11) is 0. The fourth-order valence-corrected chi connectivity index (χ4v) is 2.09. The Kier molecular flexibility index (Phi) is 3.43. The van der Waals surface area contributed by atoms with Gasteiger partial charge in [-0.3, -0.25) is 4.79 Å². The molecule has 5 heteroatoms. The average Bonchev–Trinajstić information content (AvgIpc) is 2.85. The number of aryl methyl sites for hydroxylation is 1. The molecule has 2 rings (SSSR count). The number of aromatic carboxylic acids is 1. The number of rotatable bonds is 3. The van der Waals surface area contributed by atoms with Gasteiger partial charge in [-0.05, 0) is 35.6 Å². The van der Waals surface area contributed by atoms with Crippen LogP contribution in [0.1, 0.15) is 25.6 Å². The first-order chi connectivity index (χ1) is 8.58. The largest absolute Gasteiger partial charge is 0.545 e. The monoisotopic (exact) mass is 260 g/mol. The Bertz CT molecular complexity index is 590. The van der Waals surface area contributed by atoms with Crippen LogP contribution < -0.4 is 10.4 Å². The van der Waals surface area contributed by atoms with E-state index in [2.05, 4.69) is 5.32 Å². The highest BCUT2D eigenvalue weighted by Crippen LogP contribution is 2.19. The third-order valence-electron chi connectivity index (χ3n) is 2.47. The van der Waals surface area contributed by atoms with E-state index in [-0.39, 0.29) is 11.5 Å². The molecule has 0 aliphatic rings. The molecule has 0 bridgehead atoms. The number of hydrogen-bond donors (Lipinski definition) is 1. The Morgan fingerprint density at radius 1 is 1.28 bits per heavy atom. The first-order valence-electron chi connectivity index (χ1n) is 5.25. The summed E-state index contributed by atoms with van der Waals surface area (Å²) in [5.41, 5.74) is 1.32. The molecule has 1 aromatic heterocycles. The smallest absolute Gasteiger partial charge is 0.265 e. The van der Waals surface area contributed by atoms with Crippen molar-refractivity contribution in [2.24, 2.45) is 0 Å². The van der Waals surface area contributed by atoms with Crippen LogP contribution in [0, 0.1) is 6.92 Å². The number of carboxylic acid groups (broad SMARTS) is 1. The highest BCUT2D eigenvalue weighted by Gasteiger charge is 2.09. The zero-order valence-electron chi connectivity index (χ0n) is 9.60. The van der Waals surface area contributed by atoms with Crippen molar-refractivity contribution < 1.29 is 14.7 Å². The number of carbonyl (C=O) groups excluding carboxylic acids is 2. The van der Waals surface area contributed by atoms with E-state index < -0.39 is 5.97 Å². The number of hydrogen-bond acceptors (Lipinski definition) is 4. The Morgan fingerprint density at radius 2 is 2.06 bits per heavy atom. The van der Waals surface area contributed by atoms with Crippen molar-refractivity contribution in [1.29, 1.82) is 0 Å². The maximum absolute atomic E-state index is 11.8. The molecule has 0 aliphatic heterocycles. The normalized spacial score (nSPS) is 10.1. The van der Waals surface area contributed by atoms with Crippen LogP contribution in [0.5, 0.6) is 0 Å². The van der Waals surface area contributed by atoms with Crippen LogP contribution in [0.4, 0.5) is 5.69 Å². The topological polar surface area (TPSA) is 69.2 Å². The molecule has 0 saturated carbocycles. The van der Waals surface area contributed by atoms with Crippen molar-refractivity contribution in [3.05, 3.63) is 51.7 Å². The minimum absolute atomic E-state index is 0.0436. The molecule has 0 saturated heterocycles. The molecule has 0 unspecified atom stereocenters. The number of carbonyl (C=O) groups is 2. The highest BCUT2D eigenvalue weighted by molar-refractivity contribution is 7.12. The van der Waals surface area contributed by atoms with E-state index in [0.717, 1.165) is 5.56 Å². The van der Waals surface area contributed by atoms with Gasteiger partial charge in [0.05, 0.1) is 10.8 Å². The second-order valence-electron chi connectivity index (χ2n) is 3.75. The SMILES string of the molecule is Cc1ccc(C(=O)[O-])cc1NC(=O)c1cccs1. The molecular weight excluding hydrogens is 250 g/mol. The third-order valence-corrected chi connectivity index (χ3v) is 3.34. The Labute approximate surface area is 108 Å². The van der Waals surface area contributed by atoms with Crippen molar-refractivity contribution in [3.8, 4) is 0 Å². The standard InChI is InChI=1S/C13H11NO3S/c1-8-4-5-9(13(16)17)7-10(8)14-12(15)11-3-2-6-18-11/h2-7H,1H3,(H,14,15)(H,16,17)/p-1. The fraction of sp³-hybridized carbons (Fsp3) is 0.0769. The molecule has 2 aromatic rings. The number of thiophene rings is 1. The molecule has 1 heterocycles. The summed E-state index contributed by atoms with van der Waals surface area (Å²) < 4.78 is 0. The molecule has 0 aliphatic carbocycles. The highest BCUT2D eigenvalue weighted by atomic mass is 32.1. The van der Waals surface area contributed by atoms with Crippen molar-refractivity contribution in [2.75, 3.05) is 5.32 Å². The molecule has 4 nitrogen and oxygen atoms in total. The lowest BCUT2D eigenvalue weighted by atomic mass is 10.1. The van der Waals surface area contributed by atoms with Gasteiger partial charge >= 0.3 is 0 Å². The second kappa shape index (κ2) is 5.01. The van der Waals surface area contributed by atoms with E-state index in [9.17, 15) is 14.7 Å². The number of amides is 1. The minimum atomic E-state index is -1.26. The van der Waals surface area contributed by atoms with Crippen LogP contribution >= 0.6 is 11.3 Å². The van der Waals surface area contributed by atoms with E-state index in [1.165, 1.54) is 23.5 Å². The van der Waals surface area contributed by atoms with Gasteiger partial charge in [-0.1, -0.05) is 18.2 Å². The molecule has 0 atom stereocenters. The molecule has 1 aromatic carbocycles. The lowest BCUT2D eigenvalue weighted by molar-refractivity contribution is -0.255. The van der Waals surface area contributed by atoms with Crippen LogP contribution in [0.15, 0.2) is 35.7 Å². The summed E-state index contributed by atoms with van der Waals surface area (Å²) in [6, 6.07) is 7.97. The fourth-order valence-electron chi connectivity index (χ4n) is 1.48. The van der Waals surface area contributed by atoms with Crippen LogP contribution in [-0.4, -0.2) is 11.9 Å². The number of carboxylic acids is 1. The molecular formula is C13H10NO3S-. The van der Waals surface area contributed by atoms with Gasteiger partial charge < -0.3 is 15.2 Å². The molecule has 18 heavy (non-hydrogen) atoms. The Hall–Kier alpha value is -2.14. The molecule has 92 valence electrons. The van der Waals surface area contributed by atoms with Gasteiger partial charge in [-0.2, -0.15) is 0 Å². The Morgan fingerprint density at radius 3 is 2.67 bits per heavy atom. The summed E-state index contributed by atoms with van der Waals surface area (Å²) >= 11 is 1.33. The van der Waals surface area contributed by atoms with Crippen molar-refractivity contribution >= 4 is 28.9 Å². The quantitative estimate of drug-likeness (QED) is 0.912. The first kappa shape index (κ1) is 12.3. The van der Waals surface area contributed by atoms with Crippen molar-refractivity contribution in [1.82, 2.24) is 0 Å². The molecule has 0 fully saturated rings. The summed E-state index contributed by atoms with van der Waals surface area (Å²) in [5, 5.41) is 15.3. The zero-order valence-corrected chi connectivity index (χ0v) is 10.4. The predicted molar refractivity (Wildman–Crippen MR) is 67.8 cm³/mol. The van der Waals surface area contributed by atoms with Gasteiger partial charge in [0.25, 0.3) is 5.91 Å². The van der Waals surface area contributed by atoms with E-state index in [1.54, 1.807) is 30.5 Å². The van der Waals surface area contributed by atoms with Crippen LogP contribution in [0.25, 0.3) is 0 Å². The summed E-state index contributed by atoms with van der Waals surface area (Å²) in [4.78, 5) is 23.2. The Balaban J connectivity index is 2.26. The number of nitrogens with one attached hydrogen (secondary N) is 1. The van der Waals surface area contributed by atoms with Gasteiger partial charge in [0.15, 0.2) is 0 Å². The van der Waals surface area contributed by atoms with E-state index in [1.807, 2.05) is 0 Å². The zero-order chi connectivity index (χ0) is 13.1. The lowest BCUT2D eigenvalue weighted by Gasteiger charge is -2.10. The van der Waals surface area contributed by atoms with E-state index >= 15 is 0 Å². The van der Waals surface area contributed by atoms with Gasteiger partial charge in [-0.25, -0.2) is 0 Å². The summed E-state index contributed by atoms with van der Waals surface area (Å²) in [5.74, 6) is -1.51. The summed E-state index contributed by atoms with van der Waals surface area (Å²) in [6.07, 6.45) is 0.